The fourth-order valence-corrected chi connectivity index (χ4v) is 5.00. The number of carbonyl (C=O) groups excluding carboxylic acids is 1. The lowest BCUT2D eigenvalue weighted by Gasteiger charge is -2.33. The molecule has 1 aliphatic carbocycles. The van der Waals surface area contributed by atoms with Gasteiger partial charge in [0.1, 0.15) is 5.82 Å². The lowest BCUT2D eigenvalue weighted by atomic mass is 9.96. The van der Waals surface area contributed by atoms with E-state index in [1.807, 2.05) is 48.2 Å². The molecule has 1 aliphatic rings. The number of nitrogens with one attached hydrogen (secondary N) is 1. The summed E-state index contributed by atoms with van der Waals surface area (Å²) in [6.45, 7) is 6.85. The summed E-state index contributed by atoms with van der Waals surface area (Å²) < 4.78 is 1.69. The monoisotopic (exact) mass is 474 g/mol. The van der Waals surface area contributed by atoms with E-state index < -0.39 is 0 Å². The van der Waals surface area contributed by atoms with Gasteiger partial charge in [0.05, 0.1) is 22.6 Å². The Morgan fingerprint density at radius 1 is 1.09 bits per heavy atom. The zero-order chi connectivity index (χ0) is 24.8. The summed E-state index contributed by atoms with van der Waals surface area (Å²) in [5.41, 5.74) is 2.53. The van der Waals surface area contributed by atoms with E-state index in [2.05, 4.69) is 31.3 Å². The van der Waals surface area contributed by atoms with Gasteiger partial charge in [0.15, 0.2) is 0 Å². The third kappa shape index (κ3) is 5.58. The molecule has 6 heteroatoms. The van der Waals surface area contributed by atoms with Crippen molar-refractivity contribution < 1.29 is 4.79 Å². The lowest BCUT2D eigenvalue weighted by molar-refractivity contribution is 0.167. The minimum absolute atomic E-state index is 0.0619. The van der Waals surface area contributed by atoms with Crippen LogP contribution in [0, 0.1) is 0 Å². The Morgan fingerprint density at radius 2 is 1.80 bits per heavy atom. The average Bonchev–Trinajstić information content (AvgIpc) is 2.89. The predicted octanol–water partition coefficient (Wildman–Crippen LogP) is 6.15. The number of urea groups is 1. The molecule has 4 rings (SSSR count). The molecule has 2 amide bonds. The van der Waals surface area contributed by atoms with Crippen LogP contribution in [0.15, 0.2) is 53.3 Å². The van der Waals surface area contributed by atoms with Crippen molar-refractivity contribution in [3.8, 4) is 5.69 Å². The van der Waals surface area contributed by atoms with Gasteiger partial charge >= 0.3 is 6.03 Å². The third-order valence-corrected chi connectivity index (χ3v) is 7.19. The highest BCUT2D eigenvalue weighted by Crippen LogP contribution is 2.25. The van der Waals surface area contributed by atoms with Crippen LogP contribution in [-0.2, 0) is 6.42 Å². The largest absolute Gasteiger partial charge is 0.335 e. The van der Waals surface area contributed by atoms with Gasteiger partial charge in [-0.2, -0.15) is 0 Å². The summed E-state index contributed by atoms with van der Waals surface area (Å²) in [4.78, 5) is 34.1. The van der Waals surface area contributed by atoms with Gasteiger partial charge < -0.3 is 10.2 Å². The van der Waals surface area contributed by atoms with Gasteiger partial charge in [0.25, 0.3) is 5.56 Å². The van der Waals surface area contributed by atoms with Crippen molar-refractivity contribution in [2.75, 3.05) is 6.54 Å². The van der Waals surface area contributed by atoms with E-state index in [1.165, 1.54) is 12.0 Å². The van der Waals surface area contributed by atoms with Crippen LogP contribution in [0.2, 0.25) is 0 Å². The molecule has 1 N–H and O–H groups in total. The Hall–Kier alpha value is -3.15. The molecule has 0 saturated heterocycles. The number of hydrogen-bond acceptors (Lipinski definition) is 3. The quantitative estimate of drug-likeness (QED) is 0.425. The number of rotatable bonds is 8. The number of aromatic nitrogens is 2. The minimum atomic E-state index is -0.367. The molecule has 1 unspecified atom stereocenters. The fourth-order valence-electron chi connectivity index (χ4n) is 5.00. The topological polar surface area (TPSA) is 67.2 Å². The van der Waals surface area contributed by atoms with Crippen LogP contribution in [0.1, 0.15) is 83.1 Å². The van der Waals surface area contributed by atoms with E-state index >= 15 is 0 Å². The van der Waals surface area contributed by atoms with Crippen LogP contribution in [0.5, 0.6) is 0 Å². The second kappa shape index (κ2) is 11.5. The Labute approximate surface area is 208 Å². The van der Waals surface area contributed by atoms with Crippen molar-refractivity contribution in [3.63, 3.8) is 0 Å². The molecule has 0 spiro atoms. The zero-order valence-electron chi connectivity index (χ0n) is 21.3. The number of carbonyl (C=O) groups is 1. The molecule has 0 radical (unpaired) electrons. The first kappa shape index (κ1) is 25.0. The Kier molecular flexibility index (Phi) is 8.21. The van der Waals surface area contributed by atoms with Crippen LogP contribution in [0.25, 0.3) is 16.6 Å². The second-order valence-corrected chi connectivity index (χ2v) is 9.66. The number of nitrogens with zero attached hydrogens (tertiary/aromatic N) is 3. The molecular formula is C29H38N4O2. The summed E-state index contributed by atoms with van der Waals surface area (Å²) in [5.74, 6) is 0.591. The second-order valence-electron chi connectivity index (χ2n) is 9.66. The molecule has 186 valence electrons. The molecule has 2 aromatic carbocycles. The SMILES string of the molecule is CCCCN(C(=O)NC1CCCCC1)C(C)c1nc2ccccc2c(=O)n1-c1ccc(CC)cc1. The van der Waals surface area contributed by atoms with E-state index in [9.17, 15) is 9.59 Å². The first-order valence-electron chi connectivity index (χ1n) is 13.2. The molecule has 1 atom stereocenters. The number of fused-ring (bicyclic) bond motifs is 1. The predicted molar refractivity (Wildman–Crippen MR) is 142 cm³/mol. The van der Waals surface area contributed by atoms with Crippen LogP contribution in [0.3, 0.4) is 0 Å². The maximum absolute atomic E-state index is 13.7. The molecule has 3 aromatic rings. The van der Waals surface area contributed by atoms with Gasteiger partial charge in [-0.1, -0.05) is 63.8 Å². The molecule has 1 fully saturated rings. The normalized spacial score (nSPS) is 15.2. The van der Waals surface area contributed by atoms with Gasteiger partial charge in [0, 0.05) is 12.6 Å². The van der Waals surface area contributed by atoms with Gasteiger partial charge in [-0.05, 0) is 62.4 Å². The standard InChI is InChI=1S/C29H38N4O2/c1-4-6-20-32(29(35)30-23-12-8-7-9-13-23)21(3)27-31-26-15-11-10-14-25(26)28(34)33(27)24-18-16-22(5-2)17-19-24/h10-11,14-19,21,23H,4-9,12-13,20H2,1-3H3,(H,30,35). The van der Waals surface area contributed by atoms with E-state index in [0.717, 1.165) is 50.6 Å². The number of unbranched alkanes of at least 4 members (excludes halogenated alkanes) is 1. The van der Waals surface area contributed by atoms with Gasteiger partial charge in [0.2, 0.25) is 0 Å². The maximum Gasteiger partial charge on any atom is 0.318 e. The number of aryl methyl sites for hydroxylation is 1. The number of para-hydroxylation sites is 1. The van der Waals surface area contributed by atoms with Gasteiger partial charge in [-0.25, -0.2) is 9.78 Å². The highest BCUT2D eigenvalue weighted by atomic mass is 16.2. The summed E-state index contributed by atoms with van der Waals surface area (Å²) in [6, 6.07) is 15.3. The molecule has 1 saturated carbocycles. The average molecular weight is 475 g/mol. The Balaban J connectivity index is 1.78. The van der Waals surface area contributed by atoms with E-state index in [-0.39, 0.29) is 23.7 Å². The molecular weight excluding hydrogens is 436 g/mol. The third-order valence-electron chi connectivity index (χ3n) is 7.19. The summed E-state index contributed by atoms with van der Waals surface area (Å²) in [7, 11) is 0. The van der Waals surface area contributed by atoms with Crippen LogP contribution < -0.4 is 10.9 Å². The van der Waals surface area contributed by atoms with Crippen molar-refractivity contribution in [2.24, 2.45) is 0 Å². The molecule has 0 aliphatic heterocycles. The van der Waals surface area contributed by atoms with Gasteiger partial charge in [-0.3, -0.25) is 9.36 Å². The van der Waals surface area contributed by atoms with Gasteiger partial charge in [-0.15, -0.1) is 0 Å². The van der Waals surface area contributed by atoms with Crippen molar-refractivity contribution in [1.29, 1.82) is 0 Å². The molecule has 1 heterocycles. The minimum Gasteiger partial charge on any atom is -0.335 e. The summed E-state index contributed by atoms with van der Waals surface area (Å²) >= 11 is 0. The molecule has 35 heavy (non-hydrogen) atoms. The van der Waals surface area contributed by atoms with Crippen molar-refractivity contribution in [1.82, 2.24) is 19.8 Å². The first-order chi connectivity index (χ1) is 17.0. The molecule has 1 aromatic heterocycles. The first-order valence-corrected chi connectivity index (χ1v) is 13.2. The van der Waals surface area contributed by atoms with Crippen LogP contribution >= 0.6 is 0 Å². The van der Waals surface area contributed by atoms with E-state index in [1.54, 1.807) is 4.57 Å². The van der Waals surface area contributed by atoms with Crippen molar-refractivity contribution in [3.05, 3.63) is 70.3 Å². The number of amides is 2. The van der Waals surface area contributed by atoms with Crippen molar-refractivity contribution in [2.45, 2.75) is 84.2 Å². The Morgan fingerprint density at radius 3 is 2.49 bits per heavy atom. The summed E-state index contributed by atoms with van der Waals surface area (Å²) in [6.07, 6.45) is 8.44. The summed E-state index contributed by atoms with van der Waals surface area (Å²) in [5, 5.41) is 3.85. The fraction of sp³-hybridized carbons (Fsp3) is 0.483. The van der Waals surface area contributed by atoms with Crippen LogP contribution in [0.4, 0.5) is 4.79 Å². The smallest absolute Gasteiger partial charge is 0.318 e. The molecule has 6 nitrogen and oxygen atoms in total. The van der Waals surface area contributed by atoms with E-state index in [4.69, 9.17) is 4.98 Å². The number of benzene rings is 2. The maximum atomic E-state index is 13.7. The molecule has 0 bridgehead atoms. The lowest BCUT2D eigenvalue weighted by Crippen LogP contribution is -2.47. The van der Waals surface area contributed by atoms with Crippen molar-refractivity contribution >= 4 is 16.9 Å². The highest BCUT2D eigenvalue weighted by Gasteiger charge is 2.28. The zero-order valence-corrected chi connectivity index (χ0v) is 21.3. The van der Waals surface area contributed by atoms with Crippen LogP contribution in [-0.4, -0.2) is 33.1 Å². The van der Waals surface area contributed by atoms with E-state index in [0.29, 0.717) is 23.3 Å². The Bertz CT molecular complexity index is 1200. The highest BCUT2D eigenvalue weighted by molar-refractivity contribution is 5.78. The number of hydrogen-bond donors (Lipinski definition) is 1.